The molecule has 1 aliphatic heterocycles. The lowest BCUT2D eigenvalue weighted by molar-refractivity contribution is -0.131. The van der Waals surface area contributed by atoms with Crippen molar-refractivity contribution >= 4 is 11.7 Å². The van der Waals surface area contributed by atoms with Crippen molar-refractivity contribution < 1.29 is 4.79 Å². The molecule has 2 aromatic rings. The molecule has 0 unspecified atom stereocenters. The smallest absolute Gasteiger partial charge is 0.333 e. The van der Waals surface area contributed by atoms with Crippen LogP contribution in [0.4, 0.5) is 5.82 Å². The minimum absolute atomic E-state index is 0.0788. The minimum atomic E-state index is -0.279. The van der Waals surface area contributed by atoms with E-state index < -0.39 is 0 Å². The first kappa shape index (κ1) is 23.8. The second-order valence-corrected chi connectivity index (χ2v) is 9.17. The normalized spacial score (nSPS) is 15.0. The van der Waals surface area contributed by atoms with Crippen LogP contribution in [-0.4, -0.2) is 55.9 Å². The third-order valence-corrected chi connectivity index (χ3v) is 6.00. The minimum Gasteiger partial charge on any atom is -0.356 e. The van der Waals surface area contributed by atoms with Crippen LogP contribution in [0.15, 0.2) is 21.7 Å². The Morgan fingerprint density at radius 1 is 0.969 bits per heavy atom. The topological polar surface area (TPSA) is 85.4 Å². The van der Waals surface area contributed by atoms with E-state index in [-0.39, 0.29) is 29.2 Å². The van der Waals surface area contributed by atoms with E-state index in [0.717, 1.165) is 17.8 Å². The van der Waals surface area contributed by atoms with Gasteiger partial charge in [0, 0.05) is 63.0 Å². The summed E-state index contributed by atoms with van der Waals surface area (Å²) < 4.78 is 4.88. The Bertz CT molecular complexity index is 1080. The molecule has 1 fully saturated rings. The van der Waals surface area contributed by atoms with E-state index in [2.05, 4.69) is 10.00 Å². The summed E-state index contributed by atoms with van der Waals surface area (Å²) in [6, 6.07) is 3.30. The maximum Gasteiger partial charge on any atom is 0.333 e. The van der Waals surface area contributed by atoms with E-state index in [4.69, 9.17) is 0 Å². The van der Waals surface area contributed by atoms with Gasteiger partial charge in [-0.15, -0.1) is 0 Å². The lowest BCUT2D eigenvalue weighted by atomic mass is 10.3. The molecule has 9 heteroatoms. The summed E-state index contributed by atoms with van der Waals surface area (Å²) in [5.74, 6) is 0.750. The monoisotopic (exact) mass is 444 g/mol. The number of aromatic nitrogens is 4. The Hall–Kier alpha value is -2.84. The highest BCUT2D eigenvalue weighted by Gasteiger charge is 2.24. The van der Waals surface area contributed by atoms with Crippen molar-refractivity contribution in [2.75, 3.05) is 31.1 Å². The molecular weight excluding hydrogens is 408 g/mol. The molecule has 3 heterocycles. The third-order valence-electron chi connectivity index (χ3n) is 6.00. The van der Waals surface area contributed by atoms with Gasteiger partial charge in [0.2, 0.25) is 5.91 Å². The molecule has 0 bridgehead atoms. The van der Waals surface area contributed by atoms with E-state index in [1.807, 2.05) is 57.2 Å². The molecule has 0 saturated carbocycles. The number of carbonyl (C=O) groups is 1. The summed E-state index contributed by atoms with van der Waals surface area (Å²) in [5.41, 5.74) is 1.45. The number of aryl methyl sites for hydroxylation is 3. The van der Waals surface area contributed by atoms with E-state index in [1.165, 1.54) is 4.57 Å². The van der Waals surface area contributed by atoms with Crippen molar-refractivity contribution in [3.63, 3.8) is 0 Å². The molecule has 2 aromatic heterocycles. The average Bonchev–Trinajstić information content (AvgIpc) is 2.89. The van der Waals surface area contributed by atoms with Crippen molar-refractivity contribution in [2.24, 2.45) is 0 Å². The summed E-state index contributed by atoms with van der Waals surface area (Å²) in [6.07, 6.45) is 1.19. The molecule has 3 rings (SSSR count). The zero-order valence-corrected chi connectivity index (χ0v) is 20.2. The Morgan fingerprint density at radius 3 is 2.25 bits per heavy atom. The van der Waals surface area contributed by atoms with Crippen molar-refractivity contribution in [3.05, 3.63) is 44.4 Å². The second-order valence-electron chi connectivity index (χ2n) is 9.17. The molecule has 176 valence electrons. The standard InChI is InChI=1S/C23H36N6O3/c1-16(2)28-20(15-22(31)29(17(3)4)23(28)32)25-9-7-10-26(13-12-25)21(30)8-11-27-19(6)14-18(5)24-27/h14-17H,7-13H2,1-6H3. The molecular formula is C23H36N6O3. The Balaban J connectivity index is 1.75. The van der Waals surface area contributed by atoms with Gasteiger partial charge < -0.3 is 9.80 Å². The van der Waals surface area contributed by atoms with Gasteiger partial charge in [-0.1, -0.05) is 0 Å². The van der Waals surface area contributed by atoms with E-state index >= 15 is 0 Å². The lowest BCUT2D eigenvalue weighted by Gasteiger charge is -2.28. The summed E-state index contributed by atoms with van der Waals surface area (Å²) in [6.45, 7) is 14.6. The lowest BCUT2D eigenvalue weighted by Crippen LogP contribution is -2.45. The van der Waals surface area contributed by atoms with Crippen LogP contribution in [0.25, 0.3) is 0 Å². The van der Waals surface area contributed by atoms with E-state index in [9.17, 15) is 14.4 Å². The highest BCUT2D eigenvalue weighted by atomic mass is 16.2. The predicted molar refractivity (Wildman–Crippen MR) is 125 cm³/mol. The highest BCUT2D eigenvalue weighted by Crippen LogP contribution is 2.18. The van der Waals surface area contributed by atoms with Crippen LogP contribution in [0.1, 0.15) is 64.0 Å². The van der Waals surface area contributed by atoms with Crippen LogP contribution in [0.2, 0.25) is 0 Å². The van der Waals surface area contributed by atoms with Gasteiger partial charge in [0.25, 0.3) is 5.56 Å². The van der Waals surface area contributed by atoms with Crippen LogP contribution in [0.3, 0.4) is 0 Å². The van der Waals surface area contributed by atoms with Crippen molar-refractivity contribution in [2.45, 2.75) is 73.0 Å². The SMILES string of the molecule is Cc1cc(C)n(CCC(=O)N2CCCN(c3cc(=O)n(C(C)C)c(=O)n3C(C)C)CC2)n1. The summed E-state index contributed by atoms with van der Waals surface area (Å²) in [4.78, 5) is 42.6. The van der Waals surface area contributed by atoms with Gasteiger partial charge in [-0.3, -0.25) is 23.4 Å². The van der Waals surface area contributed by atoms with Gasteiger partial charge in [0.15, 0.2) is 0 Å². The average molecular weight is 445 g/mol. The number of nitrogens with zero attached hydrogens (tertiary/aromatic N) is 6. The fourth-order valence-electron chi connectivity index (χ4n) is 4.42. The fourth-order valence-corrected chi connectivity index (χ4v) is 4.42. The molecule has 1 aliphatic rings. The molecule has 9 nitrogen and oxygen atoms in total. The Kier molecular flexibility index (Phi) is 7.26. The number of anilines is 1. The van der Waals surface area contributed by atoms with Crippen LogP contribution < -0.4 is 16.1 Å². The fraction of sp³-hybridized carbons (Fsp3) is 0.652. The van der Waals surface area contributed by atoms with Crippen LogP contribution in [0.5, 0.6) is 0 Å². The number of hydrogen-bond donors (Lipinski definition) is 0. The van der Waals surface area contributed by atoms with Gasteiger partial charge in [-0.05, 0) is 54.0 Å². The quantitative estimate of drug-likeness (QED) is 0.681. The first-order valence-corrected chi connectivity index (χ1v) is 11.5. The molecule has 0 N–H and O–H groups in total. The third kappa shape index (κ3) is 4.97. The second kappa shape index (κ2) is 9.75. The Morgan fingerprint density at radius 2 is 1.66 bits per heavy atom. The summed E-state index contributed by atoms with van der Waals surface area (Å²) >= 11 is 0. The largest absolute Gasteiger partial charge is 0.356 e. The van der Waals surface area contributed by atoms with Crippen molar-refractivity contribution in [1.29, 1.82) is 0 Å². The number of rotatable bonds is 6. The zero-order valence-electron chi connectivity index (χ0n) is 20.2. The Labute approximate surface area is 189 Å². The highest BCUT2D eigenvalue weighted by molar-refractivity contribution is 5.76. The number of carbonyl (C=O) groups excluding carboxylic acids is 1. The molecule has 0 aliphatic carbocycles. The zero-order chi connectivity index (χ0) is 23.6. The van der Waals surface area contributed by atoms with Gasteiger partial charge in [-0.2, -0.15) is 5.10 Å². The molecule has 0 atom stereocenters. The molecule has 0 radical (unpaired) electrons. The summed E-state index contributed by atoms with van der Waals surface area (Å²) in [5, 5.41) is 4.43. The van der Waals surface area contributed by atoms with Gasteiger partial charge in [0.05, 0.1) is 5.69 Å². The number of amides is 1. The van der Waals surface area contributed by atoms with Crippen molar-refractivity contribution in [1.82, 2.24) is 23.8 Å². The molecule has 0 aromatic carbocycles. The van der Waals surface area contributed by atoms with Crippen LogP contribution >= 0.6 is 0 Å². The van der Waals surface area contributed by atoms with Crippen LogP contribution in [-0.2, 0) is 11.3 Å². The first-order chi connectivity index (χ1) is 15.1. The molecule has 1 amide bonds. The predicted octanol–water partition coefficient (Wildman–Crippen LogP) is 2.11. The molecule has 32 heavy (non-hydrogen) atoms. The first-order valence-electron chi connectivity index (χ1n) is 11.5. The van der Waals surface area contributed by atoms with Crippen molar-refractivity contribution in [3.8, 4) is 0 Å². The number of hydrogen-bond acceptors (Lipinski definition) is 5. The van der Waals surface area contributed by atoms with Gasteiger partial charge in [-0.25, -0.2) is 4.79 Å². The summed E-state index contributed by atoms with van der Waals surface area (Å²) in [7, 11) is 0. The molecule has 0 spiro atoms. The molecule has 1 saturated heterocycles. The van der Waals surface area contributed by atoms with Gasteiger partial charge in [0.1, 0.15) is 5.82 Å². The van der Waals surface area contributed by atoms with E-state index in [1.54, 1.807) is 10.6 Å². The maximum absolute atomic E-state index is 13.1. The maximum atomic E-state index is 13.1. The van der Waals surface area contributed by atoms with Crippen LogP contribution in [0, 0.1) is 13.8 Å². The van der Waals surface area contributed by atoms with E-state index in [0.29, 0.717) is 45.0 Å². The van der Waals surface area contributed by atoms with Gasteiger partial charge >= 0.3 is 5.69 Å².